The molecule has 174 valence electrons. The lowest BCUT2D eigenvalue weighted by Crippen LogP contribution is -2.49. The molecule has 0 radical (unpaired) electrons. The minimum absolute atomic E-state index is 0.0109. The van der Waals surface area contributed by atoms with Crippen molar-refractivity contribution in [2.45, 2.75) is 32.4 Å². The summed E-state index contributed by atoms with van der Waals surface area (Å²) < 4.78 is 9.27. The number of hydrogen-bond donors (Lipinski definition) is 3. The molecule has 0 bridgehead atoms. The van der Waals surface area contributed by atoms with Crippen LogP contribution in [0.1, 0.15) is 51.9 Å². The first-order valence-electron chi connectivity index (χ1n) is 9.91. The minimum Gasteiger partial charge on any atom is -0.497 e. The molecule has 5 N–H and O–H groups in total. The van der Waals surface area contributed by atoms with E-state index in [1.165, 1.54) is 23.3 Å². The highest BCUT2D eigenvalue weighted by Gasteiger charge is 2.37. The number of nitrogen functional groups attached to an aromatic ring is 1. The van der Waals surface area contributed by atoms with Crippen LogP contribution in [0.3, 0.4) is 0 Å². The zero-order valence-corrected chi connectivity index (χ0v) is 20.3. The van der Waals surface area contributed by atoms with E-state index < -0.39 is 23.4 Å². The number of carbonyl (C=O) groups excluding carboxylic acids is 3. The van der Waals surface area contributed by atoms with Gasteiger partial charge in [-0.3, -0.25) is 19.3 Å². The van der Waals surface area contributed by atoms with Crippen LogP contribution >= 0.6 is 22.9 Å². The number of anilines is 2. The zero-order chi connectivity index (χ0) is 24.3. The monoisotopic (exact) mass is 487 g/mol. The molecule has 0 aliphatic rings. The Morgan fingerprint density at radius 2 is 1.91 bits per heavy atom. The van der Waals surface area contributed by atoms with Gasteiger partial charge in [0.15, 0.2) is 11.7 Å². The number of methoxy groups -OCH3 is 1. The Morgan fingerprint density at radius 1 is 1.18 bits per heavy atom. The second-order valence-corrected chi connectivity index (χ2v) is 9.92. The van der Waals surface area contributed by atoms with Gasteiger partial charge in [-0.1, -0.05) is 12.1 Å². The van der Waals surface area contributed by atoms with Gasteiger partial charge in [-0.15, -0.1) is 11.3 Å². The molecule has 9 nitrogen and oxygen atoms in total. The molecule has 0 aliphatic heterocycles. The Balaban J connectivity index is 2.21. The number of ether oxygens (including phenoxy) is 1. The molecule has 0 spiro atoms. The number of nitrogens with two attached hydrogens (primary N) is 2. The third kappa shape index (κ3) is 5.32. The molecule has 0 saturated carbocycles. The molecule has 1 atom stereocenters. The third-order valence-electron chi connectivity index (χ3n) is 4.52. The van der Waals surface area contributed by atoms with Gasteiger partial charge in [-0.25, -0.2) is 0 Å². The average Bonchev–Trinajstić information content (AvgIpc) is 3.39. The van der Waals surface area contributed by atoms with E-state index in [0.29, 0.717) is 16.3 Å². The maximum atomic E-state index is 13.9. The predicted octanol–water partition coefficient (Wildman–Crippen LogP) is 3.20. The normalized spacial score (nSPS) is 12.1. The van der Waals surface area contributed by atoms with Crippen molar-refractivity contribution in [2.75, 3.05) is 17.7 Å². The van der Waals surface area contributed by atoms with Crippen LogP contribution in [0.5, 0.6) is 5.75 Å². The second kappa shape index (κ2) is 9.59. The molecule has 11 heteroatoms. The van der Waals surface area contributed by atoms with E-state index in [1.54, 1.807) is 36.4 Å². The van der Waals surface area contributed by atoms with Gasteiger partial charge in [0.25, 0.3) is 11.8 Å². The molecule has 3 amide bonds. The van der Waals surface area contributed by atoms with E-state index in [4.69, 9.17) is 16.2 Å². The predicted molar refractivity (Wildman–Crippen MR) is 130 cm³/mol. The number of nitrogens with one attached hydrogen (secondary N) is 1. The molecule has 1 unspecified atom stereocenters. The van der Waals surface area contributed by atoms with Gasteiger partial charge in [-0.05, 0) is 55.9 Å². The lowest BCUT2D eigenvalue weighted by atomic mass is 10.1. The van der Waals surface area contributed by atoms with Gasteiger partial charge < -0.3 is 21.5 Å². The summed E-state index contributed by atoms with van der Waals surface area (Å²) in [6.07, 6.45) is 0. The van der Waals surface area contributed by atoms with Crippen molar-refractivity contribution in [3.63, 3.8) is 0 Å². The topological polar surface area (TPSA) is 141 Å². The summed E-state index contributed by atoms with van der Waals surface area (Å²) in [5.74, 6) is -1.30. The number of nitrogens with zero attached hydrogens (tertiary/aromatic N) is 2. The van der Waals surface area contributed by atoms with Crippen molar-refractivity contribution >= 4 is 52.0 Å². The first-order valence-corrected chi connectivity index (χ1v) is 11.6. The van der Waals surface area contributed by atoms with Crippen LogP contribution in [0, 0.1) is 0 Å². The highest BCUT2D eigenvalue weighted by atomic mass is 32.1. The van der Waals surface area contributed by atoms with Crippen LogP contribution in [-0.2, 0) is 4.79 Å². The Hall–Kier alpha value is -3.44. The average molecular weight is 488 g/mol. The van der Waals surface area contributed by atoms with E-state index >= 15 is 0 Å². The highest BCUT2D eigenvalue weighted by Crippen LogP contribution is 2.36. The first kappa shape index (κ1) is 24.2. The van der Waals surface area contributed by atoms with Crippen molar-refractivity contribution < 1.29 is 19.1 Å². The maximum absolute atomic E-state index is 13.9. The second-order valence-electron chi connectivity index (χ2n) is 8.17. The molecule has 0 fully saturated rings. The molecule has 3 rings (SSSR count). The number of rotatable bonds is 7. The summed E-state index contributed by atoms with van der Waals surface area (Å²) in [6.45, 7) is 5.57. The van der Waals surface area contributed by atoms with E-state index in [0.717, 1.165) is 11.5 Å². The highest BCUT2D eigenvalue weighted by molar-refractivity contribution is 7.10. The molecule has 0 saturated heterocycles. The summed E-state index contributed by atoms with van der Waals surface area (Å²) in [5.41, 5.74) is 11.0. The molecule has 2 heterocycles. The van der Waals surface area contributed by atoms with Crippen LogP contribution in [-0.4, -0.2) is 34.7 Å². The van der Waals surface area contributed by atoms with Crippen LogP contribution in [0.2, 0.25) is 0 Å². The van der Waals surface area contributed by atoms with Crippen molar-refractivity contribution in [1.29, 1.82) is 0 Å². The Morgan fingerprint density at radius 3 is 2.45 bits per heavy atom. The van der Waals surface area contributed by atoms with Crippen LogP contribution in [0.25, 0.3) is 0 Å². The van der Waals surface area contributed by atoms with E-state index in [9.17, 15) is 14.4 Å². The lowest BCUT2D eigenvalue weighted by molar-refractivity contribution is -0.123. The summed E-state index contributed by atoms with van der Waals surface area (Å²) in [6, 6.07) is 9.36. The molecule has 33 heavy (non-hydrogen) atoms. The fourth-order valence-electron chi connectivity index (χ4n) is 3.14. The van der Waals surface area contributed by atoms with E-state index in [1.807, 2.05) is 26.2 Å². The smallest absolute Gasteiger partial charge is 0.273 e. The van der Waals surface area contributed by atoms with Crippen molar-refractivity contribution in [2.24, 2.45) is 5.73 Å². The number of amides is 3. The third-order valence-corrected chi connectivity index (χ3v) is 6.30. The standard InChI is InChI=1S/C22H25N5O4S2/c1-22(2,3)25-20(29)17(14-9-6-10-32-14)27(12-7-5-8-13(11-12)31-4)21(30)18-15(23)16(19(24)28)26-33-18/h5-11,17H,23H2,1-4H3,(H2,24,28)(H,25,29). The van der Waals surface area contributed by atoms with Crippen LogP contribution < -0.4 is 26.4 Å². The summed E-state index contributed by atoms with van der Waals surface area (Å²) in [4.78, 5) is 41.0. The fraction of sp³-hybridized carbons (Fsp3) is 0.273. The number of primary amides is 1. The van der Waals surface area contributed by atoms with E-state index in [2.05, 4.69) is 9.69 Å². The summed E-state index contributed by atoms with van der Waals surface area (Å²) in [7, 11) is 1.51. The van der Waals surface area contributed by atoms with Crippen LogP contribution in [0.4, 0.5) is 11.4 Å². The van der Waals surface area contributed by atoms with Gasteiger partial charge >= 0.3 is 0 Å². The molecular formula is C22H25N5O4S2. The van der Waals surface area contributed by atoms with Gasteiger partial charge in [-0.2, -0.15) is 4.37 Å². The van der Waals surface area contributed by atoms with Gasteiger partial charge in [0.1, 0.15) is 10.6 Å². The van der Waals surface area contributed by atoms with Gasteiger partial charge in [0, 0.05) is 22.2 Å². The Bertz CT molecular complexity index is 1170. The Kier molecular flexibility index (Phi) is 7.04. The largest absolute Gasteiger partial charge is 0.497 e. The number of benzene rings is 1. The fourth-order valence-corrected chi connectivity index (χ4v) is 4.70. The van der Waals surface area contributed by atoms with Crippen molar-refractivity contribution in [3.05, 3.63) is 57.2 Å². The quantitative estimate of drug-likeness (QED) is 0.467. The van der Waals surface area contributed by atoms with Gasteiger partial charge in [0.05, 0.1) is 12.8 Å². The SMILES string of the molecule is COc1cccc(N(C(=O)c2snc(C(N)=O)c2N)C(C(=O)NC(C)(C)C)c2cccs2)c1. The number of carbonyl (C=O) groups is 3. The first-order chi connectivity index (χ1) is 15.5. The van der Waals surface area contributed by atoms with Crippen molar-refractivity contribution in [3.8, 4) is 5.75 Å². The van der Waals surface area contributed by atoms with E-state index in [-0.39, 0.29) is 22.2 Å². The molecule has 0 aliphatic carbocycles. The lowest BCUT2D eigenvalue weighted by Gasteiger charge is -2.33. The maximum Gasteiger partial charge on any atom is 0.273 e. The molecular weight excluding hydrogens is 462 g/mol. The number of aromatic nitrogens is 1. The molecule has 2 aromatic heterocycles. The zero-order valence-electron chi connectivity index (χ0n) is 18.6. The summed E-state index contributed by atoms with van der Waals surface area (Å²) in [5, 5.41) is 4.78. The minimum atomic E-state index is -1.01. The molecule has 1 aromatic carbocycles. The Labute approximate surface area is 199 Å². The van der Waals surface area contributed by atoms with Gasteiger partial charge in [0.2, 0.25) is 5.91 Å². The van der Waals surface area contributed by atoms with Crippen molar-refractivity contribution in [1.82, 2.24) is 9.69 Å². The number of thiophene rings is 1. The molecule has 3 aromatic rings. The van der Waals surface area contributed by atoms with Crippen LogP contribution in [0.15, 0.2) is 41.8 Å². The summed E-state index contributed by atoms with van der Waals surface area (Å²) >= 11 is 2.10. The number of hydrogen-bond acceptors (Lipinski definition) is 8.